The van der Waals surface area contributed by atoms with Gasteiger partial charge in [-0.3, -0.25) is 15.0 Å². The van der Waals surface area contributed by atoms with Crippen LogP contribution in [0.25, 0.3) is 44.1 Å². The Morgan fingerprint density at radius 3 is 2.70 bits per heavy atom. The number of piperazine rings is 1. The number of nitrogens with zero attached hydrogens (tertiary/aromatic N) is 7. The first-order valence-electron chi connectivity index (χ1n) is 16.3. The molecule has 0 saturated carbocycles. The van der Waals surface area contributed by atoms with Gasteiger partial charge in [0.2, 0.25) is 0 Å². The van der Waals surface area contributed by atoms with Crippen LogP contribution in [0.1, 0.15) is 43.2 Å². The largest absolute Gasteiger partial charge is 0.461 e. The van der Waals surface area contributed by atoms with Crippen molar-refractivity contribution in [2.24, 2.45) is 7.05 Å². The van der Waals surface area contributed by atoms with Crippen molar-refractivity contribution >= 4 is 38.7 Å². The molecule has 0 amide bonds. The second kappa shape index (κ2) is 10.2. The van der Waals surface area contributed by atoms with Gasteiger partial charge in [0.1, 0.15) is 24.2 Å². The first-order chi connectivity index (χ1) is 22.6. The molecule has 4 aliphatic rings. The van der Waals surface area contributed by atoms with E-state index >= 15 is 0 Å². The Bertz CT molecular complexity index is 2050. The number of hydrogen-bond donors (Lipinski definition) is 2. The number of hydrogen-bond acceptors (Lipinski definition) is 8. The Balaban J connectivity index is 1.26. The van der Waals surface area contributed by atoms with Gasteiger partial charge in [0, 0.05) is 67.7 Å². The van der Waals surface area contributed by atoms with Gasteiger partial charge in [0.05, 0.1) is 39.4 Å². The van der Waals surface area contributed by atoms with E-state index in [-0.39, 0.29) is 35.0 Å². The van der Waals surface area contributed by atoms with E-state index in [2.05, 4.69) is 30.3 Å². The summed E-state index contributed by atoms with van der Waals surface area (Å²) >= 11 is 0. The molecule has 10 nitrogen and oxygen atoms in total. The van der Waals surface area contributed by atoms with Gasteiger partial charge in [-0.15, -0.1) is 0 Å². The molecule has 2 bridgehead atoms. The van der Waals surface area contributed by atoms with Gasteiger partial charge in [0.15, 0.2) is 0 Å². The minimum absolute atomic E-state index is 0.0219. The number of rotatable bonds is 5. The monoisotopic (exact) mass is 649 g/mol. The van der Waals surface area contributed by atoms with Crippen LogP contribution in [0.5, 0.6) is 6.01 Å². The molecule has 4 aromatic heterocycles. The first kappa shape index (κ1) is 29.1. The minimum Gasteiger partial charge on any atom is -0.461 e. The fourth-order valence-electron chi connectivity index (χ4n) is 8.93. The van der Waals surface area contributed by atoms with Crippen molar-refractivity contribution < 1.29 is 22.3 Å². The number of aromatic amines is 1. The molecule has 14 heteroatoms. The summed E-state index contributed by atoms with van der Waals surface area (Å²) in [7, 11) is 1.80. The standard InChI is InChI=1S/C33H35F4N9O/c1-17-10-23-22(12-39-43-23)24(26(17)33(35,36)37)27-28-21(6-8-38-27)25-29(44(28)2)41-31(42-30(25)45-14-19-4-5-20(15-45)40-19)47-16-32-7-3-9-46(32)13-18(34)11-32/h6,8,10,12,18-20,40H,3-5,7,9,11,13-16H2,1-2H3,(H,39,43)/t18-,19-,20+,32+/m1/s1. The number of ether oxygens (including phenoxy) is 1. The van der Waals surface area contributed by atoms with Crippen molar-refractivity contribution in [1.82, 2.24) is 39.9 Å². The van der Waals surface area contributed by atoms with Gasteiger partial charge in [0.25, 0.3) is 0 Å². The van der Waals surface area contributed by atoms with Crippen molar-refractivity contribution in [2.75, 3.05) is 37.7 Å². The number of nitrogens with one attached hydrogen (secondary N) is 2. The highest BCUT2D eigenvalue weighted by molar-refractivity contribution is 6.16. The maximum Gasteiger partial charge on any atom is 0.417 e. The van der Waals surface area contributed by atoms with Gasteiger partial charge in [-0.25, -0.2) is 4.39 Å². The van der Waals surface area contributed by atoms with Gasteiger partial charge >= 0.3 is 12.2 Å². The number of anilines is 1. The molecule has 1 aromatic carbocycles. The highest BCUT2D eigenvalue weighted by Gasteiger charge is 2.49. The van der Waals surface area contributed by atoms with Crippen LogP contribution in [0.15, 0.2) is 24.5 Å². The molecule has 2 N–H and O–H groups in total. The lowest BCUT2D eigenvalue weighted by molar-refractivity contribution is -0.137. The molecule has 0 radical (unpaired) electrons. The Morgan fingerprint density at radius 1 is 1.11 bits per heavy atom. The van der Waals surface area contributed by atoms with Crippen molar-refractivity contribution in [3.05, 3.63) is 35.7 Å². The molecule has 4 fully saturated rings. The average Bonchev–Trinajstić information content (AvgIpc) is 3.84. The second-order valence-electron chi connectivity index (χ2n) is 13.8. The van der Waals surface area contributed by atoms with Gasteiger partial charge in [-0.2, -0.15) is 28.2 Å². The van der Waals surface area contributed by atoms with Crippen molar-refractivity contribution in [1.29, 1.82) is 0 Å². The number of fused-ring (bicyclic) bond motifs is 7. The third-order valence-corrected chi connectivity index (χ3v) is 10.9. The van der Waals surface area contributed by atoms with Crippen molar-refractivity contribution in [3.63, 3.8) is 0 Å². The van der Waals surface area contributed by atoms with Crippen LogP contribution in [0.2, 0.25) is 0 Å². The van der Waals surface area contributed by atoms with E-state index < -0.39 is 17.9 Å². The van der Waals surface area contributed by atoms with Crippen molar-refractivity contribution in [3.8, 4) is 17.3 Å². The summed E-state index contributed by atoms with van der Waals surface area (Å²) in [5.41, 5.74) is 0.691. The lowest BCUT2D eigenvalue weighted by Crippen LogP contribution is -2.51. The fourth-order valence-corrected chi connectivity index (χ4v) is 8.93. The van der Waals surface area contributed by atoms with Crippen LogP contribution in [0.4, 0.5) is 23.4 Å². The molecule has 0 spiro atoms. The highest BCUT2D eigenvalue weighted by atomic mass is 19.4. The molecule has 0 aliphatic carbocycles. The van der Waals surface area contributed by atoms with E-state index in [1.165, 1.54) is 19.2 Å². The van der Waals surface area contributed by atoms with Crippen molar-refractivity contribution in [2.45, 2.75) is 69.0 Å². The smallest absolute Gasteiger partial charge is 0.417 e. The molecule has 8 heterocycles. The fraction of sp³-hybridized carbons (Fsp3) is 0.515. The number of alkyl halides is 4. The first-order valence-corrected chi connectivity index (χ1v) is 16.3. The predicted octanol–water partition coefficient (Wildman–Crippen LogP) is 5.28. The lowest BCUT2D eigenvalue weighted by atomic mass is 9.94. The maximum absolute atomic E-state index is 14.8. The number of halogens is 4. The molecule has 5 aromatic rings. The van der Waals surface area contributed by atoms with E-state index in [4.69, 9.17) is 14.7 Å². The zero-order valence-electron chi connectivity index (χ0n) is 26.2. The number of H-pyrrole nitrogens is 1. The Kier molecular flexibility index (Phi) is 6.34. The maximum atomic E-state index is 14.8. The molecule has 4 saturated heterocycles. The molecule has 9 rings (SSSR count). The van der Waals surface area contributed by atoms with E-state index in [1.54, 1.807) is 13.2 Å². The number of aryl methyl sites for hydroxylation is 2. The van der Waals surface area contributed by atoms with E-state index in [1.807, 2.05) is 10.6 Å². The van der Waals surface area contributed by atoms with Crippen LogP contribution in [0.3, 0.4) is 0 Å². The summed E-state index contributed by atoms with van der Waals surface area (Å²) < 4.78 is 67.0. The zero-order valence-corrected chi connectivity index (χ0v) is 26.2. The number of aromatic nitrogens is 6. The normalized spacial score (nSPS) is 26.3. The Hall–Kier alpha value is -4.04. The lowest BCUT2D eigenvalue weighted by Gasteiger charge is -2.34. The van der Waals surface area contributed by atoms with Crippen LogP contribution >= 0.6 is 0 Å². The van der Waals surface area contributed by atoms with Gasteiger partial charge in [-0.05, 0) is 56.8 Å². The summed E-state index contributed by atoms with van der Waals surface area (Å²) in [5, 5.41) is 12.4. The predicted molar refractivity (Wildman–Crippen MR) is 169 cm³/mol. The van der Waals surface area contributed by atoms with Crippen LogP contribution in [0, 0.1) is 6.92 Å². The average molecular weight is 650 g/mol. The second-order valence-corrected chi connectivity index (χ2v) is 13.8. The van der Waals surface area contributed by atoms with E-state index in [0.29, 0.717) is 58.3 Å². The molecule has 0 unspecified atom stereocenters. The third kappa shape index (κ3) is 4.43. The highest BCUT2D eigenvalue weighted by Crippen LogP contribution is 2.47. The molecular formula is C33H35F4N9O. The molecule has 4 atom stereocenters. The number of pyridine rings is 1. The Labute approximate surface area is 267 Å². The quantitative estimate of drug-likeness (QED) is 0.248. The van der Waals surface area contributed by atoms with Gasteiger partial charge in [-0.1, -0.05) is 0 Å². The molecular weight excluding hydrogens is 614 g/mol. The summed E-state index contributed by atoms with van der Waals surface area (Å²) in [5.74, 6) is 0.690. The summed E-state index contributed by atoms with van der Waals surface area (Å²) in [4.78, 5) is 19.0. The summed E-state index contributed by atoms with van der Waals surface area (Å²) in [6.07, 6.45) is 1.88. The van der Waals surface area contributed by atoms with Crippen LogP contribution < -0.4 is 15.0 Å². The van der Waals surface area contributed by atoms with E-state index in [0.717, 1.165) is 50.7 Å². The summed E-state index contributed by atoms with van der Waals surface area (Å²) in [6, 6.07) is 4.12. The van der Waals surface area contributed by atoms with Gasteiger partial charge < -0.3 is 19.5 Å². The zero-order chi connectivity index (χ0) is 32.2. The molecule has 4 aliphatic heterocycles. The van der Waals surface area contributed by atoms with Crippen LogP contribution in [-0.4, -0.2) is 91.2 Å². The third-order valence-electron chi connectivity index (χ3n) is 10.9. The Morgan fingerprint density at radius 2 is 1.91 bits per heavy atom. The molecule has 47 heavy (non-hydrogen) atoms. The molecule has 246 valence electrons. The van der Waals surface area contributed by atoms with Crippen LogP contribution in [-0.2, 0) is 13.2 Å². The summed E-state index contributed by atoms with van der Waals surface area (Å²) in [6.45, 7) is 4.48. The van der Waals surface area contributed by atoms with E-state index in [9.17, 15) is 17.6 Å². The SMILES string of the molecule is Cc1cc2[nH]ncc2c(-c2nccc3c4c(N5C[C@H]6CC[C@@H](C5)N6)nc(OC[C@@]56CCCN5C[C@H](F)C6)nc4n(C)c23)c1C(F)(F)F. The number of benzene rings is 1. The topological polar surface area (TPSA) is 100 Å². The minimum atomic E-state index is -4.63.